The molecule has 1 aromatic heterocycles. The first kappa shape index (κ1) is 33.2. The number of amides is 2. The van der Waals surface area contributed by atoms with Crippen LogP contribution in [-0.4, -0.2) is 61.0 Å². The minimum Gasteiger partial charge on any atom is -0.493 e. The third-order valence-electron chi connectivity index (χ3n) is 6.41. The van der Waals surface area contributed by atoms with Gasteiger partial charge in [-0.3, -0.25) is 9.78 Å². The van der Waals surface area contributed by atoms with Crippen LogP contribution in [0, 0.1) is 18.7 Å². The van der Waals surface area contributed by atoms with E-state index in [1.54, 1.807) is 30.2 Å². The van der Waals surface area contributed by atoms with Gasteiger partial charge in [-0.1, -0.05) is 24.3 Å². The summed E-state index contributed by atoms with van der Waals surface area (Å²) in [6.07, 6.45) is 5.01. The number of hydrogen-bond donors (Lipinski definition) is 1. The first-order valence-corrected chi connectivity index (χ1v) is 14.4. The van der Waals surface area contributed by atoms with Crippen LogP contribution in [0.2, 0.25) is 0 Å². The number of aromatic nitrogens is 1. The van der Waals surface area contributed by atoms with E-state index in [2.05, 4.69) is 10.3 Å². The lowest BCUT2D eigenvalue weighted by atomic mass is 9.99. The van der Waals surface area contributed by atoms with Crippen molar-refractivity contribution in [3.63, 3.8) is 0 Å². The Morgan fingerprint density at radius 1 is 1.12 bits per heavy atom. The first-order chi connectivity index (χ1) is 20.6. The first-order valence-electron chi connectivity index (χ1n) is 14.4. The molecule has 3 heterocycles. The van der Waals surface area contributed by atoms with Crippen LogP contribution >= 0.6 is 0 Å². The number of rotatable bonds is 7. The van der Waals surface area contributed by atoms with Crippen LogP contribution in [0.5, 0.6) is 17.2 Å². The van der Waals surface area contributed by atoms with E-state index in [9.17, 15) is 14.0 Å². The van der Waals surface area contributed by atoms with Gasteiger partial charge in [0.25, 0.3) is 0 Å². The maximum absolute atomic E-state index is 12.3. The predicted octanol–water partition coefficient (Wildman–Crippen LogP) is 5.95. The molecule has 2 aromatic carbocycles. The monoisotopic (exact) mass is 595 g/mol. The quantitative estimate of drug-likeness (QED) is 0.266. The summed E-state index contributed by atoms with van der Waals surface area (Å²) in [5.74, 6) is 2.39. The number of halogens is 1. The lowest BCUT2D eigenvalue weighted by Gasteiger charge is -2.34. The number of carbonyl (C=O) groups excluding carboxylic acids is 2. The van der Waals surface area contributed by atoms with E-state index in [-0.39, 0.29) is 18.7 Å². The molecule has 0 bridgehead atoms. The Bertz CT molecular complexity index is 1260. The lowest BCUT2D eigenvalue weighted by Crippen LogP contribution is -2.44. The Kier molecular flexibility index (Phi) is 13.1. The minimum atomic E-state index is -0.465. The molecule has 2 aliphatic heterocycles. The Hall–Kier alpha value is -4.34. The zero-order chi connectivity index (χ0) is 31.1. The highest BCUT2D eigenvalue weighted by atomic mass is 19.1. The molecule has 0 aliphatic carbocycles. The number of hydrogen-bond acceptors (Lipinski definition) is 7. The summed E-state index contributed by atoms with van der Waals surface area (Å²) in [6.45, 7) is 10.3. The number of piperidine rings is 1. The number of aryl methyl sites for hydroxylation is 1. The fourth-order valence-electron chi connectivity index (χ4n) is 4.23. The standard InChI is InChI=1S/C18H25NO5.C8H10N2O.C7H7F/c1-18(2,3)24-17(20)19-8-4-5-13(10-19)11-21-14-6-7-15-16(9-14)23-12-22-15;11-7-9-6-4-8-3-1-2-5-10-8;1-6-4-2-3-5-7(6)8/h6-7,9,13H,4-5,8,10-12H2,1-3H3;1-3,5,7H,4,6H2,(H,9,11);2-5H,1H3. The number of ether oxygens (including phenoxy) is 4. The van der Waals surface area contributed by atoms with Crippen molar-refractivity contribution in [2.45, 2.75) is 52.6 Å². The normalized spacial score (nSPS) is 15.2. The van der Waals surface area contributed by atoms with Crippen LogP contribution < -0.4 is 19.5 Å². The highest BCUT2D eigenvalue weighted by Gasteiger charge is 2.28. The fraction of sp³-hybridized carbons (Fsp3) is 0.424. The van der Waals surface area contributed by atoms with Crippen molar-refractivity contribution in [3.8, 4) is 17.2 Å². The molecule has 9 nitrogen and oxygen atoms in total. The molecule has 1 N–H and O–H groups in total. The summed E-state index contributed by atoms with van der Waals surface area (Å²) in [4.78, 5) is 27.9. The summed E-state index contributed by atoms with van der Waals surface area (Å²) < 4.78 is 34.3. The van der Waals surface area contributed by atoms with Crippen molar-refractivity contribution in [3.05, 3.63) is 83.9 Å². The number of nitrogens with zero attached hydrogens (tertiary/aromatic N) is 2. The maximum Gasteiger partial charge on any atom is 0.410 e. The number of likely N-dealkylation sites (tertiary alicyclic amines) is 1. The summed E-state index contributed by atoms with van der Waals surface area (Å²) in [6, 6.07) is 18.0. The number of carbonyl (C=O) groups is 2. The fourth-order valence-corrected chi connectivity index (χ4v) is 4.23. The minimum absolute atomic E-state index is 0.132. The van der Waals surface area contributed by atoms with Gasteiger partial charge in [0.1, 0.15) is 17.2 Å². The Morgan fingerprint density at radius 2 is 1.88 bits per heavy atom. The van der Waals surface area contributed by atoms with E-state index >= 15 is 0 Å². The molecule has 2 amide bonds. The predicted molar refractivity (Wildman–Crippen MR) is 162 cm³/mol. The van der Waals surface area contributed by atoms with Gasteiger partial charge in [-0.2, -0.15) is 0 Å². The smallest absolute Gasteiger partial charge is 0.410 e. The highest BCUT2D eigenvalue weighted by molar-refractivity contribution is 5.68. The van der Waals surface area contributed by atoms with Crippen molar-refractivity contribution in [2.75, 3.05) is 33.0 Å². The second kappa shape index (κ2) is 16.9. The maximum atomic E-state index is 12.3. The number of pyridine rings is 1. The summed E-state index contributed by atoms with van der Waals surface area (Å²) in [5.41, 5.74) is 1.24. The van der Waals surface area contributed by atoms with Crippen LogP contribution in [0.25, 0.3) is 0 Å². The molecular formula is C33H42FN3O6. The molecule has 1 atom stereocenters. The van der Waals surface area contributed by atoms with Crippen molar-refractivity contribution >= 4 is 12.5 Å². The molecule has 0 radical (unpaired) electrons. The van der Waals surface area contributed by atoms with Gasteiger partial charge in [-0.05, 0) is 76.4 Å². The SMILES string of the molecule is CC(C)(C)OC(=O)N1CCCC(COc2ccc3c(c2)OCO3)C1.Cc1ccccc1F.O=CNCCc1ccccn1. The van der Waals surface area contributed by atoms with Gasteiger partial charge in [0, 0.05) is 49.9 Å². The average Bonchev–Trinajstić information content (AvgIpc) is 3.47. The Morgan fingerprint density at radius 3 is 2.56 bits per heavy atom. The molecule has 1 saturated heterocycles. The van der Waals surface area contributed by atoms with Crippen LogP contribution in [0.4, 0.5) is 9.18 Å². The lowest BCUT2D eigenvalue weighted by molar-refractivity contribution is -0.109. The van der Waals surface area contributed by atoms with Crippen molar-refractivity contribution < 1.29 is 32.9 Å². The zero-order valence-electron chi connectivity index (χ0n) is 25.4. The summed E-state index contributed by atoms with van der Waals surface area (Å²) >= 11 is 0. The third kappa shape index (κ3) is 12.2. The highest BCUT2D eigenvalue weighted by Crippen LogP contribution is 2.35. The Labute approximate surface area is 253 Å². The van der Waals surface area contributed by atoms with Crippen LogP contribution in [0.1, 0.15) is 44.9 Å². The van der Waals surface area contributed by atoms with Crippen LogP contribution in [-0.2, 0) is 16.0 Å². The number of nitrogens with one attached hydrogen (secondary N) is 1. The molecule has 0 spiro atoms. The second-order valence-electron chi connectivity index (χ2n) is 11.2. The van der Waals surface area contributed by atoms with E-state index in [0.717, 1.165) is 43.0 Å². The average molecular weight is 596 g/mol. The number of fused-ring (bicyclic) bond motifs is 1. The molecular weight excluding hydrogens is 553 g/mol. The van der Waals surface area contributed by atoms with Gasteiger partial charge in [0.2, 0.25) is 13.2 Å². The largest absolute Gasteiger partial charge is 0.493 e. The molecule has 3 aromatic rings. The molecule has 10 heteroatoms. The van der Waals surface area contributed by atoms with Crippen LogP contribution in [0.3, 0.4) is 0 Å². The van der Waals surface area contributed by atoms with Gasteiger partial charge in [-0.25, -0.2) is 9.18 Å². The Balaban J connectivity index is 0.000000218. The zero-order valence-corrected chi connectivity index (χ0v) is 25.4. The second-order valence-corrected chi connectivity index (χ2v) is 11.2. The summed E-state index contributed by atoms with van der Waals surface area (Å²) in [7, 11) is 0. The van der Waals surface area contributed by atoms with E-state index in [1.165, 1.54) is 6.07 Å². The molecule has 43 heavy (non-hydrogen) atoms. The van der Waals surface area contributed by atoms with E-state index in [0.29, 0.717) is 43.3 Å². The van der Waals surface area contributed by atoms with Gasteiger partial charge in [-0.15, -0.1) is 0 Å². The van der Waals surface area contributed by atoms with E-state index < -0.39 is 5.60 Å². The molecule has 0 saturated carbocycles. The number of benzene rings is 2. The van der Waals surface area contributed by atoms with Gasteiger partial charge in [0.05, 0.1) is 6.61 Å². The van der Waals surface area contributed by atoms with E-state index in [4.69, 9.17) is 18.9 Å². The molecule has 5 rings (SSSR count). The van der Waals surface area contributed by atoms with Crippen molar-refractivity contribution in [1.29, 1.82) is 0 Å². The summed E-state index contributed by atoms with van der Waals surface area (Å²) in [5, 5.41) is 2.58. The molecule has 2 aliphatic rings. The molecule has 232 valence electrons. The molecule has 1 unspecified atom stereocenters. The van der Waals surface area contributed by atoms with Crippen molar-refractivity contribution in [2.24, 2.45) is 5.92 Å². The van der Waals surface area contributed by atoms with Crippen molar-refractivity contribution in [1.82, 2.24) is 15.2 Å². The van der Waals surface area contributed by atoms with Gasteiger partial charge >= 0.3 is 6.09 Å². The van der Waals surface area contributed by atoms with Crippen LogP contribution in [0.15, 0.2) is 66.9 Å². The van der Waals surface area contributed by atoms with Gasteiger partial charge < -0.3 is 29.2 Å². The third-order valence-corrected chi connectivity index (χ3v) is 6.41. The molecule has 1 fully saturated rings. The van der Waals surface area contributed by atoms with Gasteiger partial charge in [0.15, 0.2) is 11.5 Å². The topological polar surface area (TPSA) is 99.2 Å². The van der Waals surface area contributed by atoms with E-state index in [1.807, 2.05) is 63.2 Å².